The first-order valence-electron chi connectivity index (χ1n) is 19.9. The number of hydrogen-bond acceptors (Lipinski definition) is 2. The third-order valence-corrected chi connectivity index (χ3v) is 7.23. The molecule has 40 heavy (non-hydrogen) atoms. The molecule has 0 amide bonds. The van der Waals surface area contributed by atoms with Crippen LogP contribution in [-0.4, -0.2) is 0 Å². The average Bonchev–Trinajstić information content (AvgIpc) is 3.78. The van der Waals surface area contributed by atoms with Crippen molar-refractivity contribution in [3.8, 4) is 22.3 Å². The highest BCUT2D eigenvalue weighted by molar-refractivity contribution is 6.26. The molecule has 0 radical (unpaired) electrons. The predicted octanol–water partition coefficient (Wildman–Crippen LogP) is 11.1. The average molecular weight is 526 g/mol. The summed E-state index contributed by atoms with van der Waals surface area (Å²) >= 11 is 0. The Morgan fingerprint density at radius 3 is 1.98 bits per heavy atom. The van der Waals surface area contributed by atoms with Crippen molar-refractivity contribution in [3.63, 3.8) is 0 Å². The molecule has 0 aliphatic carbocycles. The quantitative estimate of drug-likeness (QED) is 0.210. The minimum absolute atomic E-state index is 0.0636. The predicted molar refractivity (Wildman–Crippen MR) is 167 cm³/mol. The number of rotatable bonds is 2. The van der Waals surface area contributed by atoms with Crippen molar-refractivity contribution < 1.29 is 29.4 Å². The second-order valence-corrected chi connectivity index (χ2v) is 9.31. The Bertz CT molecular complexity index is 3190. The molecule has 9 rings (SSSR count). The summed E-state index contributed by atoms with van der Waals surface area (Å²) in [4.78, 5) is 0. The van der Waals surface area contributed by atoms with E-state index in [-0.39, 0.29) is 32.7 Å². The molecule has 0 saturated heterocycles. The number of benzene rings is 7. The minimum atomic E-state index is -0.754. The maximum absolute atomic E-state index is 9.39. The Morgan fingerprint density at radius 1 is 0.525 bits per heavy atom. The van der Waals surface area contributed by atoms with E-state index in [0.717, 1.165) is 5.39 Å². The Hall–Kier alpha value is -5.34. The van der Waals surface area contributed by atoms with Gasteiger partial charge < -0.3 is 8.83 Å². The highest BCUT2D eigenvalue weighted by Gasteiger charge is 2.22. The summed E-state index contributed by atoms with van der Waals surface area (Å²) in [5.74, 6) is 0. The van der Waals surface area contributed by atoms with Gasteiger partial charge in [0.25, 0.3) is 0 Å². The van der Waals surface area contributed by atoms with E-state index >= 15 is 0 Å². The number of hydrogen-bond donors (Lipinski definition) is 0. The highest BCUT2D eigenvalue weighted by Crippen LogP contribution is 2.48. The van der Waals surface area contributed by atoms with E-state index in [0.29, 0.717) is 27.5 Å². The van der Waals surface area contributed by atoms with Gasteiger partial charge in [0.15, 0.2) is 0 Å². The lowest BCUT2D eigenvalue weighted by molar-refractivity contribution is 0.616. The zero-order valence-electron chi connectivity index (χ0n) is 35.4. The molecule has 0 unspecified atom stereocenters. The van der Waals surface area contributed by atoms with Gasteiger partial charge in [0.05, 0.1) is 32.2 Å². The Kier molecular flexibility index (Phi) is 2.39. The lowest BCUT2D eigenvalue weighted by Gasteiger charge is -2.17. The Balaban J connectivity index is 1.62. The molecular formula is C38H22O2. The molecule has 9 aromatic rings. The van der Waals surface area contributed by atoms with Gasteiger partial charge in [-0.2, -0.15) is 0 Å². The van der Waals surface area contributed by atoms with Crippen molar-refractivity contribution in [3.05, 3.63) is 133 Å². The fraction of sp³-hybridized carbons (Fsp3) is 0. The molecule has 0 atom stereocenters. The van der Waals surface area contributed by atoms with Crippen molar-refractivity contribution in [1.82, 2.24) is 0 Å². The summed E-state index contributed by atoms with van der Waals surface area (Å²) in [7, 11) is 0. The van der Waals surface area contributed by atoms with Crippen LogP contribution in [0.2, 0.25) is 0 Å². The molecule has 0 bridgehead atoms. The molecule has 0 spiro atoms. The van der Waals surface area contributed by atoms with Crippen LogP contribution < -0.4 is 0 Å². The topological polar surface area (TPSA) is 26.3 Å². The third kappa shape index (κ3) is 2.93. The smallest absolute Gasteiger partial charge is 0.147 e. The van der Waals surface area contributed by atoms with Crippen molar-refractivity contribution in [2.24, 2.45) is 0 Å². The molecule has 2 heterocycles. The molecule has 2 heteroatoms. The second-order valence-electron chi connectivity index (χ2n) is 9.31. The van der Waals surface area contributed by atoms with Gasteiger partial charge >= 0.3 is 0 Å². The minimum Gasteiger partial charge on any atom is -0.464 e. The third-order valence-electron chi connectivity index (χ3n) is 7.23. The van der Waals surface area contributed by atoms with Crippen LogP contribution in [0.25, 0.3) is 87.5 Å². The van der Waals surface area contributed by atoms with Crippen LogP contribution in [0.1, 0.15) is 20.6 Å². The Labute approximate surface area is 250 Å². The normalized spacial score (nSPS) is 17.2. The first-order valence-corrected chi connectivity index (χ1v) is 12.4. The van der Waals surface area contributed by atoms with Crippen LogP contribution >= 0.6 is 0 Å². The number of fused-ring (bicyclic) bond motifs is 8. The molecular weight excluding hydrogens is 488 g/mol. The standard InChI is InChI=1S/C38H22O2/c1-2-10-24-21-25(18-17-23(24)9-1)35-27-12-3-5-14-29(27)36(30-15-6-4-13-28(30)35)32-22-39-34-20-19-31-26-11-7-8-16-33(26)40-38(31)37(32)34/h1-22H/i1D,2D,3D,4D,5D,6D,9D,10D,12D,13D,14D,15D,17D,18D,21D. The summed E-state index contributed by atoms with van der Waals surface area (Å²) in [5, 5.41) is -0.225. The fourth-order valence-electron chi connectivity index (χ4n) is 5.54. The van der Waals surface area contributed by atoms with Gasteiger partial charge in [-0.25, -0.2) is 0 Å². The SMILES string of the molecule is [2H]c1c([2H])c([2H])c2c([2H])c(-c3c4c([2H])c([2H])c([2H])c([2H])c4c(-c4coc5ccc6c7ccccc7oc6c45)c4c([2H])c([2H])c([2H])c([2H])c34)c([2H])c([2H])c2c1[2H]. The van der Waals surface area contributed by atoms with Gasteiger partial charge in [-0.05, 0) is 67.7 Å². The maximum Gasteiger partial charge on any atom is 0.147 e. The van der Waals surface area contributed by atoms with E-state index in [1.807, 2.05) is 12.1 Å². The summed E-state index contributed by atoms with van der Waals surface area (Å²) < 4.78 is 146. The maximum atomic E-state index is 9.39. The molecule has 0 N–H and O–H groups in total. The Morgan fingerprint density at radius 2 is 1.20 bits per heavy atom. The fourth-order valence-corrected chi connectivity index (χ4v) is 5.54. The molecule has 0 aliphatic rings. The number of para-hydroxylation sites is 1. The first kappa shape index (κ1) is 11.8. The van der Waals surface area contributed by atoms with Gasteiger partial charge in [-0.3, -0.25) is 0 Å². The molecule has 0 fully saturated rings. The van der Waals surface area contributed by atoms with E-state index in [2.05, 4.69) is 0 Å². The summed E-state index contributed by atoms with van der Waals surface area (Å²) in [6.07, 6.45) is 1.31. The van der Waals surface area contributed by atoms with E-state index in [9.17, 15) is 8.22 Å². The lowest BCUT2D eigenvalue weighted by Crippen LogP contribution is -1.90. The zero-order chi connectivity index (χ0) is 39.3. The van der Waals surface area contributed by atoms with Crippen molar-refractivity contribution in [2.45, 2.75) is 0 Å². The van der Waals surface area contributed by atoms with Crippen LogP contribution in [0, 0.1) is 0 Å². The van der Waals surface area contributed by atoms with Crippen LogP contribution in [0.15, 0.2) is 142 Å². The van der Waals surface area contributed by atoms with Crippen LogP contribution in [0.5, 0.6) is 0 Å². The summed E-state index contributed by atoms with van der Waals surface area (Å²) in [5.41, 5.74) is 0.381. The van der Waals surface area contributed by atoms with E-state index in [1.165, 1.54) is 6.26 Å². The van der Waals surface area contributed by atoms with Crippen molar-refractivity contribution in [1.29, 1.82) is 0 Å². The highest BCUT2D eigenvalue weighted by atomic mass is 16.3. The lowest BCUT2D eigenvalue weighted by atomic mass is 9.85. The molecule has 7 aromatic carbocycles. The van der Waals surface area contributed by atoms with Crippen LogP contribution in [0.4, 0.5) is 0 Å². The van der Waals surface area contributed by atoms with E-state index < -0.39 is 113 Å². The van der Waals surface area contributed by atoms with Gasteiger partial charge in [-0.1, -0.05) is 103 Å². The molecule has 2 nitrogen and oxygen atoms in total. The molecule has 0 aliphatic heterocycles. The van der Waals surface area contributed by atoms with Gasteiger partial charge in [-0.15, -0.1) is 0 Å². The molecule has 0 saturated carbocycles. The monoisotopic (exact) mass is 525 g/mol. The largest absolute Gasteiger partial charge is 0.464 e. The molecule has 2 aromatic heterocycles. The second kappa shape index (κ2) is 8.08. The summed E-state index contributed by atoms with van der Waals surface area (Å²) in [6.45, 7) is 0. The first-order chi connectivity index (χ1) is 26.1. The molecule has 186 valence electrons. The van der Waals surface area contributed by atoms with Crippen molar-refractivity contribution >= 4 is 65.2 Å². The van der Waals surface area contributed by atoms with E-state index in [4.69, 9.17) is 21.2 Å². The zero-order valence-corrected chi connectivity index (χ0v) is 20.4. The van der Waals surface area contributed by atoms with Crippen LogP contribution in [-0.2, 0) is 0 Å². The van der Waals surface area contributed by atoms with E-state index in [1.54, 1.807) is 24.3 Å². The van der Waals surface area contributed by atoms with Crippen molar-refractivity contribution in [2.75, 3.05) is 0 Å². The summed E-state index contributed by atoms with van der Waals surface area (Å²) in [6, 6.07) is 0.441. The van der Waals surface area contributed by atoms with Gasteiger partial charge in [0.1, 0.15) is 16.7 Å². The number of furan rings is 2. The van der Waals surface area contributed by atoms with Crippen LogP contribution in [0.3, 0.4) is 0 Å². The van der Waals surface area contributed by atoms with Gasteiger partial charge in [0, 0.05) is 21.9 Å². The van der Waals surface area contributed by atoms with Gasteiger partial charge in [0.2, 0.25) is 0 Å².